The molecule has 1 saturated carbocycles. The van der Waals surface area contributed by atoms with E-state index in [2.05, 4.69) is 38.1 Å². The summed E-state index contributed by atoms with van der Waals surface area (Å²) in [5.41, 5.74) is 1.61. The molecule has 144 valence electrons. The summed E-state index contributed by atoms with van der Waals surface area (Å²) in [4.78, 5) is 2.26. The number of hydrogen-bond donors (Lipinski definition) is 2. The molecule has 2 aliphatic carbocycles. The van der Waals surface area contributed by atoms with Gasteiger partial charge in [0.25, 0.3) is 0 Å². The number of fused-ring (bicyclic) bond motifs is 1. The minimum atomic E-state index is -0.350. The lowest BCUT2D eigenvalue weighted by Gasteiger charge is -2.19. The van der Waals surface area contributed by atoms with E-state index in [4.69, 9.17) is 0 Å². The SMILES string of the molecule is CCCC[C@@H](O)/C=C/[C@@H]1[C@H]2CC(CCCCCN(C)C)=C[C@H]2C[C@H]1O. The Morgan fingerprint density at radius 1 is 1.24 bits per heavy atom. The molecule has 0 saturated heterocycles. The summed E-state index contributed by atoms with van der Waals surface area (Å²) in [6.07, 6.45) is 16.1. The van der Waals surface area contributed by atoms with Crippen LogP contribution < -0.4 is 0 Å². The highest BCUT2D eigenvalue weighted by Gasteiger charge is 2.43. The zero-order chi connectivity index (χ0) is 18.2. The molecule has 0 aliphatic heterocycles. The van der Waals surface area contributed by atoms with Gasteiger partial charge in [0.05, 0.1) is 12.2 Å². The standard InChI is InChI=1S/C22H39NO2/c1-4-5-10-19(24)11-12-20-21-15-17(14-18(21)16-22(20)25)9-7-6-8-13-23(2)3/h11-12,14,18-22,24-25H,4-10,13,15-16H2,1-3H3/b12-11+/t18-,19+,20+,21-,22+/m0/s1. The highest BCUT2D eigenvalue weighted by Crippen LogP contribution is 2.48. The maximum atomic E-state index is 10.4. The first-order valence-electron chi connectivity index (χ1n) is 10.4. The van der Waals surface area contributed by atoms with E-state index >= 15 is 0 Å². The molecule has 2 aliphatic rings. The summed E-state index contributed by atoms with van der Waals surface area (Å²) < 4.78 is 0. The van der Waals surface area contributed by atoms with Crippen LogP contribution in [-0.2, 0) is 0 Å². The van der Waals surface area contributed by atoms with Crippen molar-refractivity contribution in [2.75, 3.05) is 20.6 Å². The van der Waals surface area contributed by atoms with Crippen molar-refractivity contribution >= 4 is 0 Å². The molecule has 1 fully saturated rings. The molecule has 0 amide bonds. The molecular weight excluding hydrogens is 310 g/mol. The van der Waals surface area contributed by atoms with Gasteiger partial charge in [0.15, 0.2) is 0 Å². The Labute approximate surface area is 154 Å². The number of allylic oxidation sites excluding steroid dienone is 2. The third kappa shape index (κ3) is 6.54. The summed E-state index contributed by atoms with van der Waals surface area (Å²) in [5, 5.41) is 20.4. The first-order chi connectivity index (χ1) is 12.0. The topological polar surface area (TPSA) is 43.7 Å². The summed E-state index contributed by atoms with van der Waals surface area (Å²) in [5.74, 6) is 1.33. The van der Waals surface area contributed by atoms with Crippen LogP contribution in [0.3, 0.4) is 0 Å². The van der Waals surface area contributed by atoms with Crippen LogP contribution in [0.5, 0.6) is 0 Å². The molecule has 0 aromatic heterocycles. The lowest BCUT2D eigenvalue weighted by atomic mass is 9.88. The number of unbranched alkanes of at least 4 members (excludes halogenated alkanes) is 3. The predicted octanol–water partition coefficient (Wildman–Crippen LogP) is 4.16. The Hall–Kier alpha value is -0.640. The van der Waals surface area contributed by atoms with Crippen molar-refractivity contribution in [1.82, 2.24) is 4.90 Å². The van der Waals surface area contributed by atoms with Gasteiger partial charge < -0.3 is 15.1 Å². The van der Waals surface area contributed by atoms with Crippen LogP contribution >= 0.6 is 0 Å². The number of hydrogen-bond acceptors (Lipinski definition) is 3. The summed E-state index contributed by atoms with van der Waals surface area (Å²) in [6, 6.07) is 0. The van der Waals surface area contributed by atoms with Crippen LogP contribution in [0.2, 0.25) is 0 Å². The molecule has 0 heterocycles. The quantitative estimate of drug-likeness (QED) is 0.435. The lowest BCUT2D eigenvalue weighted by Crippen LogP contribution is -2.18. The second-order valence-electron chi connectivity index (χ2n) is 8.45. The summed E-state index contributed by atoms with van der Waals surface area (Å²) >= 11 is 0. The Kier molecular flexibility index (Phi) is 8.68. The van der Waals surface area contributed by atoms with Crippen LogP contribution in [0, 0.1) is 17.8 Å². The Bertz CT molecular complexity index is 443. The van der Waals surface area contributed by atoms with E-state index < -0.39 is 0 Å². The van der Waals surface area contributed by atoms with Crippen molar-refractivity contribution in [3.05, 3.63) is 23.8 Å². The number of rotatable bonds is 11. The van der Waals surface area contributed by atoms with Gasteiger partial charge in [-0.2, -0.15) is 0 Å². The summed E-state index contributed by atoms with van der Waals surface area (Å²) in [7, 11) is 4.28. The molecule has 0 aromatic carbocycles. The van der Waals surface area contributed by atoms with E-state index in [1.54, 1.807) is 5.57 Å². The average molecular weight is 350 g/mol. The van der Waals surface area contributed by atoms with Crippen LogP contribution in [0.25, 0.3) is 0 Å². The Morgan fingerprint density at radius 3 is 2.76 bits per heavy atom. The fourth-order valence-corrected chi connectivity index (χ4v) is 4.51. The van der Waals surface area contributed by atoms with Crippen LogP contribution in [0.4, 0.5) is 0 Å². The second-order valence-corrected chi connectivity index (χ2v) is 8.45. The molecule has 25 heavy (non-hydrogen) atoms. The number of aliphatic hydroxyl groups is 2. The number of aliphatic hydroxyl groups excluding tert-OH is 2. The fraction of sp³-hybridized carbons (Fsp3) is 0.818. The van der Waals surface area contributed by atoms with Crippen molar-refractivity contribution in [2.24, 2.45) is 17.8 Å². The van der Waals surface area contributed by atoms with Crippen molar-refractivity contribution < 1.29 is 10.2 Å². The monoisotopic (exact) mass is 349 g/mol. The molecule has 3 heteroatoms. The van der Waals surface area contributed by atoms with Gasteiger partial charge in [0.1, 0.15) is 0 Å². The zero-order valence-corrected chi connectivity index (χ0v) is 16.5. The zero-order valence-electron chi connectivity index (χ0n) is 16.5. The maximum Gasteiger partial charge on any atom is 0.0721 e. The molecule has 0 radical (unpaired) electrons. The van der Waals surface area contributed by atoms with Gasteiger partial charge >= 0.3 is 0 Å². The molecule has 0 unspecified atom stereocenters. The van der Waals surface area contributed by atoms with E-state index in [9.17, 15) is 10.2 Å². The first-order valence-corrected chi connectivity index (χ1v) is 10.4. The third-order valence-electron chi connectivity index (χ3n) is 5.96. The molecule has 2 N–H and O–H groups in total. The Morgan fingerprint density at radius 2 is 2.04 bits per heavy atom. The van der Waals surface area contributed by atoms with Gasteiger partial charge in [-0.25, -0.2) is 0 Å². The highest BCUT2D eigenvalue weighted by molar-refractivity contribution is 5.20. The van der Waals surface area contributed by atoms with E-state index in [0.717, 1.165) is 32.1 Å². The Balaban J connectivity index is 1.76. The normalized spacial score (nSPS) is 30.2. The third-order valence-corrected chi connectivity index (χ3v) is 5.96. The molecule has 3 nitrogen and oxygen atoms in total. The molecule has 5 atom stereocenters. The number of nitrogens with zero attached hydrogens (tertiary/aromatic N) is 1. The molecule has 0 spiro atoms. The van der Waals surface area contributed by atoms with Gasteiger partial charge in [-0.3, -0.25) is 0 Å². The van der Waals surface area contributed by atoms with E-state index in [-0.39, 0.29) is 18.1 Å². The van der Waals surface area contributed by atoms with Crippen molar-refractivity contribution in [3.63, 3.8) is 0 Å². The minimum absolute atomic E-state index is 0.226. The summed E-state index contributed by atoms with van der Waals surface area (Å²) in [6.45, 7) is 3.33. The highest BCUT2D eigenvalue weighted by atomic mass is 16.3. The van der Waals surface area contributed by atoms with Gasteiger partial charge in [-0.1, -0.05) is 50.0 Å². The van der Waals surface area contributed by atoms with Crippen molar-refractivity contribution in [3.8, 4) is 0 Å². The van der Waals surface area contributed by atoms with E-state index in [1.807, 2.05) is 6.08 Å². The first kappa shape index (κ1) is 20.7. The van der Waals surface area contributed by atoms with Crippen molar-refractivity contribution in [2.45, 2.75) is 76.9 Å². The van der Waals surface area contributed by atoms with E-state index in [1.165, 1.54) is 32.2 Å². The van der Waals surface area contributed by atoms with Crippen LogP contribution in [0.1, 0.15) is 64.7 Å². The van der Waals surface area contributed by atoms with Crippen LogP contribution in [-0.4, -0.2) is 48.0 Å². The van der Waals surface area contributed by atoms with Gasteiger partial charge in [-0.05, 0) is 71.0 Å². The van der Waals surface area contributed by atoms with Crippen molar-refractivity contribution in [1.29, 1.82) is 0 Å². The minimum Gasteiger partial charge on any atom is -0.392 e. The van der Waals surface area contributed by atoms with Gasteiger partial charge in [0, 0.05) is 5.92 Å². The van der Waals surface area contributed by atoms with Gasteiger partial charge in [0.2, 0.25) is 0 Å². The van der Waals surface area contributed by atoms with Crippen LogP contribution in [0.15, 0.2) is 23.8 Å². The smallest absolute Gasteiger partial charge is 0.0721 e. The fourth-order valence-electron chi connectivity index (χ4n) is 4.51. The largest absolute Gasteiger partial charge is 0.392 e. The lowest BCUT2D eigenvalue weighted by molar-refractivity contribution is 0.139. The molecule has 0 bridgehead atoms. The molecule has 2 rings (SSSR count). The van der Waals surface area contributed by atoms with Gasteiger partial charge in [-0.15, -0.1) is 0 Å². The predicted molar refractivity (Wildman–Crippen MR) is 105 cm³/mol. The maximum absolute atomic E-state index is 10.4. The van der Waals surface area contributed by atoms with E-state index in [0.29, 0.717) is 11.8 Å². The molecular formula is C22H39NO2. The second kappa shape index (κ2) is 10.5. The average Bonchev–Trinajstić information content (AvgIpc) is 3.07. The molecule has 0 aromatic rings.